The predicted molar refractivity (Wildman–Crippen MR) is 65.3 cm³/mol. The van der Waals surface area contributed by atoms with Gasteiger partial charge in [0.25, 0.3) is 0 Å². The normalized spacial score (nSPS) is 10.5. The molecule has 0 amide bonds. The monoisotopic (exact) mass is 220 g/mol. The second-order valence-corrected chi connectivity index (χ2v) is 4.55. The van der Waals surface area contributed by atoms with Gasteiger partial charge in [-0.25, -0.2) is 0 Å². The molecule has 0 spiro atoms. The maximum atomic E-state index is 11.3. The highest BCUT2D eigenvalue weighted by atomic mass is 16.5. The number of carbonyl (C=O) groups excluding carboxylic acids is 1. The van der Waals surface area contributed by atoms with E-state index >= 15 is 0 Å². The van der Waals surface area contributed by atoms with Crippen LogP contribution in [0.2, 0.25) is 0 Å². The predicted octanol–water partition coefficient (Wildman–Crippen LogP) is 3.13. The van der Waals surface area contributed by atoms with Gasteiger partial charge in [0.1, 0.15) is 0 Å². The van der Waals surface area contributed by atoms with Crippen LogP contribution in [0, 0.1) is 12.8 Å². The van der Waals surface area contributed by atoms with Gasteiger partial charge in [-0.05, 0) is 18.4 Å². The van der Waals surface area contributed by atoms with E-state index < -0.39 is 0 Å². The van der Waals surface area contributed by atoms with E-state index in [2.05, 4.69) is 31.2 Å². The van der Waals surface area contributed by atoms with Crippen LogP contribution in [0.5, 0.6) is 0 Å². The largest absolute Gasteiger partial charge is 0.465 e. The molecule has 0 bridgehead atoms. The van der Waals surface area contributed by atoms with E-state index in [1.807, 2.05) is 13.8 Å². The Morgan fingerprint density at radius 3 is 2.44 bits per heavy atom. The van der Waals surface area contributed by atoms with Crippen LogP contribution in [0.25, 0.3) is 0 Å². The van der Waals surface area contributed by atoms with Crippen LogP contribution in [-0.2, 0) is 16.0 Å². The van der Waals surface area contributed by atoms with Crippen molar-refractivity contribution in [3.05, 3.63) is 35.4 Å². The van der Waals surface area contributed by atoms with Crippen molar-refractivity contribution in [1.29, 1.82) is 0 Å². The molecule has 0 saturated heterocycles. The average molecular weight is 220 g/mol. The third-order valence-electron chi connectivity index (χ3n) is 2.35. The standard InChI is InChI=1S/C14H20O2/c1-11(2)10-14(15)16-9-8-13-6-4-12(3)5-7-13/h4-7,11H,8-10H2,1-3H3. The van der Waals surface area contributed by atoms with Gasteiger partial charge < -0.3 is 4.74 Å². The first-order valence-corrected chi connectivity index (χ1v) is 5.79. The third-order valence-corrected chi connectivity index (χ3v) is 2.35. The van der Waals surface area contributed by atoms with Crippen molar-refractivity contribution in [2.75, 3.05) is 6.61 Å². The molecule has 1 aromatic carbocycles. The Bertz CT molecular complexity index is 325. The van der Waals surface area contributed by atoms with Gasteiger partial charge >= 0.3 is 5.97 Å². The van der Waals surface area contributed by atoms with Gasteiger partial charge in [0.05, 0.1) is 6.61 Å². The van der Waals surface area contributed by atoms with Crippen molar-refractivity contribution in [3.8, 4) is 0 Å². The number of aryl methyl sites for hydroxylation is 1. The van der Waals surface area contributed by atoms with Gasteiger partial charge in [0.15, 0.2) is 0 Å². The third kappa shape index (κ3) is 4.96. The highest BCUT2D eigenvalue weighted by molar-refractivity contribution is 5.69. The first-order chi connectivity index (χ1) is 7.58. The lowest BCUT2D eigenvalue weighted by atomic mass is 10.1. The Balaban J connectivity index is 2.25. The summed E-state index contributed by atoms with van der Waals surface area (Å²) in [5.74, 6) is 0.272. The summed E-state index contributed by atoms with van der Waals surface area (Å²) in [6, 6.07) is 8.30. The van der Waals surface area contributed by atoms with Crippen LogP contribution in [0.1, 0.15) is 31.4 Å². The first-order valence-electron chi connectivity index (χ1n) is 5.79. The lowest BCUT2D eigenvalue weighted by Crippen LogP contribution is -2.10. The van der Waals surface area contributed by atoms with Crippen LogP contribution >= 0.6 is 0 Å². The van der Waals surface area contributed by atoms with Crippen molar-refractivity contribution in [1.82, 2.24) is 0 Å². The number of rotatable bonds is 5. The van der Waals surface area contributed by atoms with Gasteiger partial charge in [0.2, 0.25) is 0 Å². The second kappa shape index (κ2) is 6.31. The maximum Gasteiger partial charge on any atom is 0.306 e. The van der Waals surface area contributed by atoms with Crippen molar-refractivity contribution >= 4 is 5.97 Å². The van der Waals surface area contributed by atoms with Gasteiger partial charge in [-0.1, -0.05) is 43.7 Å². The summed E-state index contributed by atoms with van der Waals surface area (Å²) in [6.45, 7) is 6.57. The van der Waals surface area contributed by atoms with Crippen molar-refractivity contribution in [2.45, 2.75) is 33.6 Å². The highest BCUT2D eigenvalue weighted by Gasteiger charge is 2.05. The Morgan fingerprint density at radius 2 is 1.88 bits per heavy atom. The molecule has 0 aliphatic carbocycles. The smallest absolute Gasteiger partial charge is 0.306 e. The number of hydrogen-bond donors (Lipinski definition) is 0. The summed E-state index contributed by atoms with van der Waals surface area (Å²) >= 11 is 0. The molecule has 0 saturated carbocycles. The lowest BCUT2D eigenvalue weighted by molar-refractivity contribution is -0.144. The van der Waals surface area contributed by atoms with E-state index in [0.29, 0.717) is 18.9 Å². The Morgan fingerprint density at radius 1 is 1.25 bits per heavy atom. The van der Waals surface area contributed by atoms with E-state index in [4.69, 9.17) is 4.74 Å². The molecule has 0 fully saturated rings. The van der Waals surface area contributed by atoms with Crippen LogP contribution in [-0.4, -0.2) is 12.6 Å². The van der Waals surface area contributed by atoms with Gasteiger partial charge in [0, 0.05) is 12.8 Å². The molecule has 1 aromatic rings. The summed E-state index contributed by atoms with van der Waals surface area (Å²) < 4.78 is 5.15. The molecule has 1 rings (SSSR count). The molecule has 2 nitrogen and oxygen atoms in total. The van der Waals surface area contributed by atoms with Crippen molar-refractivity contribution in [2.24, 2.45) is 5.92 Å². The zero-order chi connectivity index (χ0) is 12.0. The van der Waals surface area contributed by atoms with E-state index in [9.17, 15) is 4.79 Å². The number of benzene rings is 1. The first kappa shape index (κ1) is 12.8. The van der Waals surface area contributed by atoms with Crippen molar-refractivity contribution in [3.63, 3.8) is 0 Å². The molecule has 0 aromatic heterocycles. The molecule has 16 heavy (non-hydrogen) atoms. The fourth-order valence-corrected chi connectivity index (χ4v) is 1.43. The van der Waals surface area contributed by atoms with Crippen LogP contribution in [0.15, 0.2) is 24.3 Å². The second-order valence-electron chi connectivity index (χ2n) is 4.55. The summed E-state index contributed by atoms with van der Waals surface area (Å²) in [7, 11) is 0. The van der Waals surface area contributed by atoms with Gasteiger partial charge in [-0.15, -0.1) is 0 Å². The van der Waals surface area contributed by atoms with Gasteiger partial charge in [-0.2, -0.15) is 0 Å². The number of ether oxygens (including phenoxy) is 1. The summed E-state index contributed by atoms with van der Waals surface area (Å²) in [5, 5.41) is 0. The quantitative estimate of drug-likeness (QED) is 0.713. The fraction of sp³-hybridized carbons (Fsp3) is 0.500. The molecule has 88 valence electrons. The number of carbonyl (C=O) groups is 1. The van der Waals surface area contributed by atoms with E-state index in [1.54, 1.807) is 0 Å². The SMILES string of the molecule is Cc1ccc(CCOC(=O)CC(C)C)cc1. The van der Waals surface area contributed by atoms with Crippen LogP contribution in [0.3, 0.4) is 0 Å². The highest BCUT2D eigenvalue weighted by Crippen LogP contribution is 2.05. The van der Waals surface area contributed by atoms with Crippen LogP contribution in [0.4, 0.5) is 0 Å². The molecular weight excluding hydrogens is 200 g/mol. The minimum absolute atomic E-state index is 0.0953. The zero-order valence-electron chi connectivity index (χ0n) is 10.3. The minimum atomic E-state index is -0.0953. The van der Waals surface area contributed by atoms with E-state index in [0.717, 1.165) is 6.42 Å². The van der Waals surface area contributed by atoms with Crippen molar-refractivity contribution < 1.29 is 9.53 Å². The Labute approximate surface area is 97.6 Å². The topological polar surface area (TPSA) is 26.3 Å². The molecule has 2 heteroatoms. The fourth-order valence-electron chi connectivity index (χ4n) is 1.43. The molecule has 0 radical (unpaired) electrons. The average Bonchev–Trinajstić information content (AvgIpc) is 2.20. The molecule has 0 aliphatic rings. The van der Waals surface area contributed by atoms with E-state index in [1.165, 1.54) is 11.1 Å². The molecule has 0 unspecified atom stereocenters. The number of esters is 1. The van der Waals surface area contributed by atoms with Crippen LogP contribution < -0.4 is 0 Å². The summed E-state index contributed by atoms with van der Waals surface area (Å²) in [4.78, 5) is 11.3. The zero-order valence-corrected chi connectivity index (χ0v) is 10.3. The molecule has 0 N–H and O–H groups in total. The molecule has 0 atom stereocenters. The van der Waals surface area contributed by atoms with Gasteiger partial charge in [-0.3, -0.25) is 4.79 Å². The molecule has 0 heterocycles. The summed E-state index contributed by atoms with van der Waals surface area (Å²) in [6.07, 6.45) is 1.30. The number of hydrogen-bond acceptors (Lipinski definition) is 2. The molecule has 0 aliphatic heterocycles. The Hall–Kier alpha value is -1.31. The van der Waals surface area contributed by atoms with E-state index in [-0.39, 0.29) is 5.97 Å². The minimum Gasteiger partial charge on any atom is -0.465 e. The molecular formula is C14H20O2. The summed E-state index contributed by atoms with van der Waals surface area (Å²) in [5.41, 5.74) is 2.46. The lowest BCUT2D eigenvalue weighted by Gasteiger charge is -2.06. The Kier molecular flexibility index (Phi) is 5.03. The maximum absolute atomic E-state index is 11.3.